The normalized spacial score (nSPS) is 32.0. The van der Waals surface area contributed by atoms with Gasteiger partial charge < -0.3 is 5.32 Å². The summed E-state index contributed by atoms with van der Waals surface area (Å²) >= 11 is 0. The van der Waals surface area contributed by atoms with Gasteiger partial charge in [-0.3, -0.25) is 19.3 Å². The van der Waals surface area contributed by atoms with Gasteiger partial charge in [-0.2, -0.15) is 0 Å². The average Bonchev–Trinajstić information content (AvgIpc) is 3.42. The minimum Gasteiger partial charge on any atom is -0.324 e. The van der Waals surface area contributed by atoms with Gasteiger partial charge in [-0.05, 0) is 51.4 Å². The molecule has 3 fully saturated rings. The van der Waals surface area contributed by atoms with Gasteiger partial charge in [-0.1, -0.05) is 35.4 Å². The smallest absolute Gasteiger partial charge is 0.250 e. The van der Waals surface area contributed by atoms with Crippen molar-refractivity contribution in [2.75, 3.05) is 16.8 Å². The Balaban J connectivity index is 1.56. The van der Waals surface area contributed by atoms with Gasteiger partial charge in [-0.15, -0.1) is 0 Å². The zero-order valence-electron chi connectivity index (χ0n) is 17.0. The number of fused-ring (bicyclic) bond motifs is 7. The Bertz CT molecular complexity index is 1130. The van der Waals surface area contributed by atoms with E-state index in [4.69, 9.17) is 0 Å². The van der Waals surface area contributed by atoms with Crippen LogP contribution in [0.2, 0.25) is 0 Å². The summed E-state index contributed by atoms with van der Waals surface area (Å²) in [5.41, 5.74) is 3.20. The van der Waals surface area contributed by atoms with Gasteiger partial charge in [0.1, 0.15) is 5.54 Å². The van der Waals surface area contributed by atoms with E-state index >= 15 is 0 Å². The summed E-state index contributed by atoms with van der Waals surface area (Å²) in [6.45, 7) is 4.69. The van der Waals surface area contributed by atoms with Gasteiger partial charge in [0, 0.05) is 17.3 Å². The van der Waals surface area contributed by atoms with Gasteiger partial charge in [0.25, 0.3) is 0 Å². The molecule has 0 aliphatic carbocycles. The van der Waals surface area contributed by atoms with Gasteiger partial charge in [0.05, 0.1) is 17.5 Å². The van der Waals surface area contributed by atoms with Crippen molar-refractivity contribution in [3.63, 3.8) is 0 Å². The lowest BCUT2D eigenvalue weighted by Gasteiger charge is -2.36. The number of imide groups is 1. The molecule has 6 nitrogen and oxygen atoms in total. The second-order valence-corrected chi connectivity index (χ2v) is 9.02. The Kier molecular flexibility index (Phi) is 3.44. The Hall–Kier alpha value is -2.99. The molecule has 1 N–H and O–H groups in total. The van der Waals surface area contributed by atoms with Crippen molar-refractivity contribution in [2.45, 2.75) is 38.3 Å². The van der Waals surface area contributed by atoms with Crippen LogP contribution in [0.3, 0.4) is 0 Å². The van der Waals surface area contributed by atoms with Crippen LogP contribution in [-0.2, 0) is 19.9 Å². The fourth-order valence-electron chi connectivity index (χ4n) is 6.27. The maximum absolute atomic E-state index is 13.8. The molecule has 4 aliphatic rings. The Morgan fingerprint density at radius 1 is 0.967 bits per heavy atom. The number of nitrogens with one attached hydrogen (secondary N) is 1. The SMILES string of the molecule is Cc1ccc(N2C(=O)[C@@H]3[C@@H]4CCCN4[C@@]4(C(=O)Nc5ccc(C)cc54)[C@H]3C2=O)cc1. The fraction of sp³-hybridized carbons (Fsp3) is 0.375. The molecule has 30 heavy (non-hydrogen) atoms. The highest BCUT2D eigenvalue weighted by molar-refractivity contribution is 6.25. The fourth-order valence-corrected chi connectivity index (χ4v) is 6.27. The number of aryl methyl sites for hydroxylation is 2. The molecule has 2 aromatic carbocycles. The number of anilines is 2. The summed E-state index contributed by atoms with van der Waals surface area (Å²) < 4.78 is 0. The lowest BCUT2D eigenvalue weighted by Crippen LogP contribution is -2.54. The number of carbonyl (C=O) groups excluding carboxylic acids is 3. The van der Waals surface area contributed by atoms with Crippen molar-refractivity contribution < 1.29 is 14.4 Å². The van der Waals surface area contributed by atoms with Crippen LogP contribution in [0.4, 0.5) is 11.4 Å². The van der Waals surface area contributed by atoms with E-state index < -0.39 is 17.4 Å². The topological polar surface area (TPSA) is 69.7 Å². The van der Waals surface area contributed by atoms with Crippen LogP contribution in [-0.4, -0.2) is 35.2 Å². The highest BCUT2D eigenvalue weighted by Gasteiger charge is 2.74. The van der Waals surface area contributed by atoms with Crippen molar-refractivity contribution in [1.29, 1.82) is 0 Å². The lowest BCUT2D eigenvalue weighted by atomic mass is 9.75. The first-order chi connectivity index (χ1) is 14.4. The Morgan fingerprint density at radius 3 is 2.47 bits per heavy atom. The molecule has 0 bridgehead atoms. The van der Waals surface area contributed by atoms with Crippen molar-refractivity contribution in [3.05, 3.63) is 59.2 Å². The van der Waals surface area contributed by atoms with Crippen LogP contribution in [0.25, 0.3) is 0 Å². The maximum atomic E-state index is 13.8. The van der Waals surface area contributed by atoms with E-state index in [1.165, 1.54) is 4.90 Å². The van der Waals surface area contributed by atoms with E-state index in [1.54, 1.807) is 0 Å². The van der Waals surface area contributed by atoms with Crippen LogP contribution >= 0.6 is 0 Å². The molecular formula is C24H23N3O3. The zero-order chi connectivity index (χ0) is 20.8. The second-order valence-electron chi connectivity index (χ2n) is 9.02. The minimum atomic E-state index is -1.10. The molecule has 0 unspecified atom stereocenters. The molecule has 4 heterocycles. The van der Waals surface area contributed by atoms with Gasteiger partial charge in [0.15, 0.2) is 0 Å². The number of hydrogen-bond donors (Lipinski definition) is 1. The summed E-state index contributed by atoms with van der Waals surface area (Å²) in [5, 5.41) is 3.02. The summed E-state index contributed by atoms with van der Waals surface area (Å²) in [5.74, 6) is -1.78. The summed E-state index contributed by atoms with van der Waals surface area (Å²) in [7, 11) is 0. The summed E-state index contributed by atoms with van der Waals surface area (Å²) in [6.07, 6.45) is 1.76. The number of benzene rings is 2. The third-order valence-electron chi connectivity index (χ3n) is 7.44. The van der Waals surface area contributed by atoms with E-state index in [9.17, 15) is 14.4 Å². The molecule has 6 heteroatoms. The van der Waals surface area contributed by atoms with Crippen LogP contribution in [0.5, 0.6) is 0 Å². The monoisotopic (exact) mass is 401 g/mol. The zero-order valence-corrected chi connectivity index (χ0v) is 17.0. The number of rotatable bonds is 1. The van der Waals surface area contributed by atoms with Crippen LogP contribution < -0.4 is 10.2 Å². The molecule has 152 valence electrons. The quantitative estimate of drug-likeness (QED) is 0.746. The molecule has 6 rings (SSSR count). The molecule has 3 saturated heterocycles. The molecule has 4 atom stereocenters. The van der Waals surface area contributed by atoms with Crippen LogP contribution in [0, 0.1) is 25.7 Å². The number of carbonyl (C=O) groups is 3. The molecule has 3 amide bonds. The van der Waals surface area contributed by atoms with E-state index in [1.807, 2.05) is 56.3 Å². The predicted octanol–water partition coefficient (Wildman–Crippen LogP) is 2.73. The van der Waals surface area contributed by atoms with Crippen LogP contribution in [0.1, 0.15) is 29.5 Å². The molecule has 0 saturated carbocycles. The molecule has 1 spiro atoms. The van der Waals surface area contributed by atoms with Gasteiger partial charge in [-0.25, -0.2) is 4.90 Å². The Labute approximate surface area is 174 Å². The number of amides is 3. The molecule has 2 aromatic rings. The first kappa shape index (κ1) is 17.8. The predicted molar refractivity (Wildman–Crippen MR) is 112 cm³/mol. The van der Waals surface area contributed by atoms with E-state index in [0.717, 1.165) is 41.8 Å². The molecule has 0 aromatic heterocycles. The maximum Gasteiger partial charge on any atom is 0.250 e. The van der Waals surface area contributed by atoms with E-state index in [-0.39, 0.29) is 23.8 Å². The van der Waals surface area contributed by atoms with Crippen molar-refractivity contribution in [2.24, 2.45) is 11.8 Å². The standard InChI is InChI=1S/C24H23N3O3/c1-13-5-8-15(9-6-13)27-21(28)19-18-4-3-11-26(18)24(20(19)22(27)29)16-12-14(2)7-10-17(16)25-23(24)30/h5-10,12,18-20H,3-4,11H2,1-2H3,(H,25,30)/t18-,19+,20+,24+/m0/s1. The van der Waals surface area contributed by atoms with Crippen molar-refractivity contribution >= 4 is 29.1 Å². The highest BCUT2D eigenvalue weighted by Crippen LogP contribution is 2.60. The van der Waals surface area contributed by atoms with Crippen molar-refractivity contribution in [1.82, 2.24) is 4.90 Å². The van der Waals surface area contributed by atoms with Gasteiger partial charge >= 0.3 is 0 Å². The van der Waals surface area contributed by atoms with Crippen molar-refractivity contribution in [3.8, 4) is 0 Å². The first-order valence-corrected chi connectivity index (χ1v) is 10.6. The average molecular weight is 401 g/mol. The minimum absolute atomic E-state index is 0.0842. The molecule has 4 aliphatic heterocycles. The van der Waals surface area contributed by atoms with Gasteiger partial charge in [0.2, 0.25) is 17.7 Å². The largest absolute Gasteiger partial charge is 0.324 e. The molecule has 0 radical (unpaired) electrons. The third-order valence-corrected chi connectivity index (χ3v) is 7.44. The summed E-state index contributed by atoms with van der Waals surface area (Å²) in [6, 6.07) is 13.2. The second kappa shape index (κ2) is 5.79. The third kappa shape index (κ3) is 1.95. The van der Waals surface area contributed by atoms with E-state index in [0.29, 0.717) is 5.69 Å². The highest BCUT2D eigenvalue weighted by atomic mass is 16.2. The first-order valence-electron chi connectivity index (χ1n) is 10.6. The number of nitrogens with zero attached hydrogens (tertiary/aromatic N) is 2. The molecular weight excluding hydrogens is 378 g/mol. The van der Waals surface area contributed by atoms with E-state index in [2.05, 4.69) is 10.2 Å². The Morgan fingerprint density at radius 2 is 1.70 bits per heavy atom. The lowest BCUT2D eigenvalue weighted by molar-refractivity contribution is -0.135. The summed E-state index contributed by atoms with van der Waals surface area (Å²) in [4.78, 5) is 44.5. The van der Waals surface area contributed by atoms with Crippen LogP contribution in [0.15, 0.2) is 42.5 Å². The number of hydrogen-bond acceptors (Lipinski definition) is 4.